The van der Waals surface area contributed by atoms with E-state index in [0.29, 0.717) is 11.6 Å². The van der Waals surface area contributed by atoms with Crippen LogP contribution in [-0.4, -0.2) is 19.9 Å². The van der Waals surface area contributed by atoms with E-state index in [1.54, 1.807) is 11.0 Å². The molecule has 1 aromatic carbocycles. The van der Waals surface area contributed by atoms with E-state index in [1.807, 2.05) is 37.3 Å². The third-order valence-electron chi connectivity index (χ3n) is 3.94. The van der Waals surface area contributed by atoms with Crippen molar-refractivity contribution in [2.75, 3.05) is 0 Å². The Bertz CT molecular complexity index is 650. The summed E-state index contributed by atoms with van der Waals surface area (Å²) in [7, 11) is 0. The smallest absolute Gasteiger partial charge is 0.137 e. The lowest BCUT2D eigenvalue weighted by molar-refractivity contribution is -0.00766. The summed E-state index contributed by atoms with van der Waals surface area (Å²) in [4.78, 5) is 3.94. The molecule has 1 unspecified atom stereocenters. The molecule has 4 nitrogen and oxygen atoms in total. The molecular formula is C16H18ClN3O. The first-order valence-electron chi connectivity index (χ1n) is 7.11. The van der Waals surface area contributed by atoms with Crippen molar-refractivity contribution < 1.29 is 5.11 Å². The van der Waals surface area contributed by atoms with E-state index in [1.165, 1.54) is 6.33 Å². The van der Waals surface area contributed by atoms with Gasteiger partial charge < -0.3 is 5.11 Å². The molecule has 2 aromatic rings. The van der Waals surface area contributed by atoms with Crippen molar-refractivity contribution in [2.24, 2.45) is 5.92 Å². The van der Waals surface area contributed by atoms with E-state index in [4.69, 9.17) is 11.6 Å². The van der Waals surface area contributed by atoms with Crippen LogP contribution in [0.5, 0.6) is 0 Å². The minimum atomic E-state index is -0.987. The molecule has 0 saturated heterocycles. The monoisotopic (exact) mass is 303 g/mol. The predicted octanol–water partition coefficient (Wildman–Crippen LogP) is 3.26. The molecule has 1 saturated carbocycles. The van der Waals surface area contributed by atoms with Gasteiger partial charge in [0.2, 0.25) is 0 Å². The molecule has 0 aliphatic heterocycles. The third-order valence-corrected chi connectivity index (χ3v) is 4.25. The number of benzene rings is 1. The zero-order valence-corrected chi connectivity index (χ0v) is 12.7. The summed E-state index contributed by atoms with van der Waals surface area (Å²) in [5.74, 6) is 0.228. The number of rotatable bonds is 5. The van der Waals surface area contributed by atoms with Crippen LogP contribution in [0, 0.1) is 5.92 Å². The molecule has 1 atom stereocenters. The summed E-state index contributed by atoms with van der Waals surface area (Å²) in [6.07, 6.45) is 9.08. The number of allylic oxidation sites excluding steroid dienone is 1. The average Bonchev–Trinajstić information content (AvgIpc) is 3.20. The molecule has 110 valence electrons. The Morgan fingerprint density at radius 2 is 2.29 bits per heavy atom. The van der Waals surface area contributed by atoms with E-state index in [9.17, 15) is 5.11 Å². The first-order chi connectivity index (χ1) is 10.1. The Hall–Kier alpha value is -1.65. The van der Waals surface area contributed by atoms with Gasteiger partial charge in [-0.25, -0.2) is 9.67 Å². The number of nitrogens with zero attached hydrogens (tertiary/aromatic N) is 3. The lowest BCUT2D eigenvalue weighted by Crippen LogP contribution is -2.34. The summed E-state index contributed by atoms with van der Waals surface area (Å²) in [5.41, 5.74) is 0.819. The minimum Gasteiger partial charge on any atom is -0.383 e. The third kappa shape index (κ3) is 2.87. The molecule has 0 bridgehead atoms. The largest absolute Gasteiger partial charge is 0.383 e. The Labute approximate surface area is 129 Å². The normalized spacial score (nSPS) is 18.0. The van der Waals surface area contributed by atoms with Crippen molar-refractivity contribution in [1.29, 1.82) is 0 Å². The van der Waals surface area contributed by atoms with Gasteiger partial charge in [0.1, 0.15) is 18.3 Å². The summed E-state index contributed by atoms with van der Waals surface area (Å²) in [6, 6.07) is 5.80. The van der Waals surface area contributed by atoms with Gasteiger partial charge in [0.25, 0.3) is 0 Å². The zero-order chi connectivity index (χ0) is 14.9. The molecule has 1 N–H and O–H groups in total. The fraction of sp³-hybridized carbons (Fsp3) is 0.375. The van der Waals surface area contributed by atoms with Crippen molar-refractivity contribution in [2.45, 2.75) is 31.9 Å². The molecule has 1 aliphatic rings. The van der Waals surface area contributed by atoms with Gasteiger partial charge in [-0.1, -0.05) is 35.9 Å². The summed E-state index contributed by atoms with van der Waals surface area (Å²) >= 11 is 6.42. The van der Waals surface area contributed by atoms with Gasteiger partial charge in [0.15, 0.2) is 0 Å². The molecule has 21 heavy (non-hydrogen) atoms. The molecular weight excluding hydrogens is 286 g/mol. The van der Waals surface area contributed by atoms with E-state index in [0.717, 1.165) is 24.0 Å². The molecule has 3 rings (SSSR count). The number of aromatic nitrogens is 3. The average molecular weight is 304 g/mol. The van der Waals surface area contributed by atoms with Gasteiger partial charge in [-0.15, -0.1) is 0 Å². The number of aliphatic hydroxyl groups is 1. The fourth-order valence-electron chi connectivity index (χ4n) is 2.74. The fourth-order valence-corrected chi connectivity index (χ4v) is 3.09. The highest BCUT2D eigenvalue weighted by molar-refractivity contribution is 6.31. The molecule has 1 heterocycles. The van der Waals surface area contributed by atoms with Crippen molar-refractivity contribution in [3.63, 3.8) is 0 Å². The van der Waals surface area contributed by atoms with E-state index in [-0.39, 0.29) is 5.92 Å². The Balaban J connectivity index is 1.97. The SMILES string of the molecule is C/C=C/c1ccc(C(O)(Cn2cncn2)C2CC2)c(Cl)c1. The van der Waals surface area contributed by atoms with Crippen molar-refractivity contribution in [3.8, 4) is 0 Å². The van der Waals surface area contributed by atoms with Crippen LogP contribution in [0.25, 0.3) is 6.08 Å². The van der Waals surface area contributed by atoms with E-state index < -0.39 is 5.60 Å². The highest BCUT2D eigenvalue weighted by Gasteiger charge is 2.46. The Kier molecular flexibility index (Phi) is 3.83. The second-order valence-electron chi connectivity index (χ2n) is 5.53. The lowest BCUT2D eigenvalue weighted by atomic mass is 9.88. The Morgan fingerprint density at radius 3 is 2.86 bits per heavy atom. The predicted molar refractivity (Wildman–Crippen MR) is 82.8 cm³/mol. The second kappa shape index (κ2) is 5.62. The molecule has 0 amide bonds. The molecule has 0 spiro atoms. The minimum absolute atomic E-state index is 0.228. The number of hydrogen-bond acceptors (Lipinski definition) is 3. The second-order valence-corrected chi connectivity index (χ2v) is 5.94. The van der Waals surface area contributed by atoms with Crippen molar-refractivity contribution in [3.05, 3.63) is 53.1 Å². The van der Waals surface area contributed by atoms with Crippen LogP contribution in [0.3, 0.4) is 0 Å². The quantitative estimate of drug-likeness (QED) is 0.922. The topological polar surface area (TPSA) is 50.9 Å². The van der Waals surface area contributed by atoms with Crippen LogP contribution in [0.4, 0.5) is 0 Å². The zero-order valence-electron chi connectivity index (χ0n) is 11.9. The summed E-state index contributed by atoms with van der Waals surface area (Å²) in [6.45, 7) is 2.34. The van der Waals surface area contributed by atoms with Crippen LogP contribution in [0.1, 0.15) is 30.9 Å². The molecule has 1 aromatic heterocycles. The maximum atomic E-state index is 11.2. The van der Waals surface area contributed by atoms with Crippen LogP contribution >= 0.6 is 11.6 Å². The van der Waals surface area contributed by atoms with Gasteiger partial charge in [0.05, 0.1) is 6.54 Å². The standard InChI is InChI=1S/C16H18ClN3O/c1-2-3-12-4-7-14(15(17)8-12)16(21,13-5-6-13)9-20-11-18-10-19-20/h2-4,7-8,10-11,13,21H,5-6,9H2,1H3/b3-2+. The first-order valence-corrected chi connectivity index (χ1v) is 7.49. The molecule has 0 radical (unpaired) electrons. The maximum absolute atomic E-state index is 11.2. The lowest BCUT2D eigenvalue weighted by Gasteiger charge is -2.29. The van der Waals surface area contributed by atoms with Gasteiger partial charge in [-0.05, 0) is 37.3 Å². The van der Waals surface area contributed by atoms with Gasteiger partial charge in [-0.2, -0.15) is 5.10 Å². The summed E-state index contributed by atoms with van der Waals surface area (Å²) in [5, 5.41) is 15.9. The molecule has 1 aliphatic carbocycles. The van der Waals surface area contributed by atoms with Crippen LogP contribution in [0.15, 0.2) is 36.9 Å². The van der Waals surface area contributed by atoms with Gasteiger partial charge in [-0.3, -0.25) is 0 Å². The highest BCUT2D eigenvalue weighted by Crippen LogP contribution is 2.48. The van der Waals surface area contributed by atoms with E-state index in [2.05, 4.69) is 10.1 Å². The summed E-state index contributed by atoms with van der Waals surface area (Å²) < 4.78 is 1.66. The van der Waals surface area contributed by atoms with E-state index >= 15 is 0 Å². The number of halogens is 1. The van der Waals surface area contributed by atoms with Crippen LogP contribution < -0.4 is 0 Å². The number of hydrogen-bond donors (Lipinski definition) is 1. The molecule has 5 heteroatoms. The maximum Gasteiger partial charge on any atom is 0.137 e. The Morgan fingerprint density at radius 1 is 1.48 bits per heavy atom. The van der Waals surface area contributed by atoms with Gasteiger partial charge >= 0.3 is 0 Å². The van der Waals surface area contributed by atoms with Crippen molar-refractivity contribution >= 4 is 17.7 Å². The van der Waals surface area contributed by atoms with Gasteiger partial charge in [0, 0.05) is 10.6 Å². The molecule has 1 fully saturated rings. The van der Waals surface area contributed by atoms with Crippen LogP contribution in [0.2, 0.25) is 5.02 Å². The first kappa shape index (κ1) is 14.3. The highest BCUT2D eigenvalue weighted by atomic mass is 35.5. The van der Waals surface area contributed by atoms with Crippen molar-refractivity contribution in [1.82, 2.24) is 14.8 Å². The van der Waals surface area contributed by atoms with Crippen LogP contribution in [-0.2, 0) is 12.1 Å².